The lowest BCUT2D eigenvalue weighted by Crippen LogP contribution is -2.22. The molecule has 1 nitrogen and oxygen atoms in total. The van der Waals surface area contributed by atoms with E-state index in [0.29, 0.717) is 6.04 Å². The predicted molar refractivity (Wildman–Crippen MR) is 87.8 cm³/mol. The molecule has 2 aromatic carbocycles. The maximum absolute atomic E-state index is 13.6. The smallest absolute Gasteiger partial charge is 0.123 e. The van der Waals surface area contributed by atoms with Crippen LogP contribution >= 0.6 is 0 Å². The minimum Gasteiger partial charge on any atom is -0.310 e. The summed E-state index contributed by atoms with van der Waals surface area (Å²) in [4.78, 5) is 0. The maximum Gasteiger partial charge on any atom is 0.123 e. The molecule has 0 amide bonds. The van der Waals surface area contributed by atoms with Crippen molar-refractivity contribution >= 4 is 0 Å². The van der Waals surface area contributed by atoms with E-state index >= 15 is 0 Å². The van der Waals surface area contributed by atoms with E-state index in [-0.39, 0.29) is 5.82 Å². The Labute approximate surface area is 127 Å². The quantitative estimate of drug-likeness (QED) is 0.792. The van der Waals surface area contributed by atoms with Crippen molar-refractivity contribution in [1.29, 1.82) is 0 Å². The van der Waals surface area contributed by atoms with Gasteiger partial charge in [0.2, 0.25) is 0 Å². The van der Waals surface area contributed by atoms with Crippen LogP contribution in [0.5, 0.6) is 0 Å². The van der Waals surface area contributed by atoms with Crippen molar-refractivity contribution in [3.8, 4) is 11.1 Å². The first kappa shape index (κ1) is 15.7. The molecule has 0 bridgehead atoms. The van der Waals surface area contributed by atoms with Gasteiger partial charge in [0.15, 0.2) is 0 Å². The number of hydrogen-bond acceptors (Lipinski definition) is 1. The highest BCUT2D eigenvalue weighted by Crippen LogP contribution is 2.25. The average molecular weight is 285 g/mol. The minimum absolute atomic E-state index is 0.184. The summed E-state index contributed by atoms with van der Waals surface area (Å²) in [7, 11) is 0. The van der Waals surface area contributed by atoms with Gasteiger partial charge in [-0.25, -0.2) is 4.39 Å². The SMILES string of the molecule is CCCc1ccc(-c2cc(F)ccc2CNC(C)C)cc1. The van der Waals surface area contributed by atoms with Crippen LogP contribution < -0.4 is 5.32 Å². The number of benzene rings is 2. The van der Waals surface area contributed by atoms with Crippen molar-refractivity contribution in [2.75, 3.05) is 0 Å². The van der Waals surface area contributed by atoms with Crippen LogP contribution in [0, 0.1) is 5.82 Å². The van der Waals surface area contributed by atoms with E-state index in [1.54, 1.807) is 6.07 Å². The number of halogens is 1. The molecule has 21 heavy (non-hydrogen) atoms. The Hall–Kier alpha value is -1.67. The van der Waals surface area contributed by atoms with Crippen LogP contribution in [-0.4, -0.2) is 6.04 Å². The molecule has 0 fully saturated rings. The molecule has 2 aromatic rings. The molecular formula is C19H24FN. The van der Waals surface area contributed by atoms with E-state index in [1.807, 2.05) is 6.07 Å². The van der Waals surface area contributed by atoms with Crippen LogP contribution in [0.25, 0.3) is 11.1 Å². The Kier molecular flexibility index (Phi) is 5.51. The zero-order valence-electron chi connectivity index (χ0n) is 13.1. The highest BCUT2D eigenvalue weighted by molar-refractivity contribution is 5.67. The van der Waals surface area contributed by atoms with Gasteiger partial charge in [-0.15, -0.1) is 0 Å². The summed E-state index contributed by atoms with van der Waals surface area (Å²) in [6.45, 7) is 7.16. The molecule has 0 atom stereocenters. The summed E-state index contributed by atoms with van der Waals surface area (Å²) < 4.78 is 13.6. The number of hydrogen-bond donors (Lipinski definition) is 1. The van der Waals surface area contributed by atoms with Gasteiger partial charge in [-0.2, -0.15) is 0 Å². The molecule has 0 aliphatic carbocycles. The maximum atomic E-state index is 13.6. The Morgan fingerprint density at radius 3 is 2.38 bits per heavy atom. The van der Waals surface area contributed by atoms with Gasteiger partial charge in [-0.1, -0.05) is 57.5 Å². The van der Waals surface area contributed by atoms with Gasteiger partial charge < -0.3 is 5.32 Å². The molecular weight excluding hydrogens is 261 g/mol. The number of rotatable bonds is 6. The van der Waals surface area contributed by atoms with Crippen molar-refractivity contribution < 1.29 is 4.39 Å². The third-order valence-corrected chi connectivity index (χ3v) is 3.58. The van der Waals surface area contributed by atoms with Gasteiger partial charge in [0, 0.05) is 12.6 Å². The predicted octanol–water partition coefficient (Wildman–Crippen LogP) is 4.94. The minimum atomic E-state index is -0.184. The first-order valence-electron chi connectivity index (χ1n) is 7.71. The van der Waals surface area contributed by atoms with Crippen LogP contribution in [0.1, 0.15) is 38.3 Å². The van der Waals surface area contributed by atoms with Gasteiger partial charge in [0.05, 0.1) is 0 Å². The van der Waals surface area contributed by atoms with Gasteiger partial charge >= 0.3 is 0 Å². The van der Waals surface area contributed by atoms with E-state index in [1.165, 1.54) is 11.6 Å². The van der Waals surface area contributed by atoms with E-state index in [2.05, 4.69) is 50.4 Å². The van der Waals surface area contributed by atoms with E-state index in [0.717, 1.165) is 36.1 Å². The third kappa shape index (κ3) is 4.40. The third-order valence-electron chi connectivity index (χ3n) is 3.58. The van der Waals surface area contributed by atoms with Crippen LogP contribution in [0.2, 0.25) is 0 Å². The number of aryl methyl sites for hydroxylation is 1. The highest BCUT2D eigenvalue weighted by atomic mass is 19.1. The van der Waals surface area contributed by atoms with Gasteiger partial charge in [0.25, 0.3) is 0 Å². The topological polar surface area (TPSA) is 12.0 Å². The summed E-state index contributed by atoms with van der Waals surface area (Å²) in [6.07, 6.45) is 2.23. The lowest BCUT2D eigenvalue weighted by Gasteiger charge is -2.13. The Balaban J connectivity index is 2.30. The van der Waals surface area contributed by atoms with Crippen LogP contribution in [0.15, 0.2) is 42.5 Å². The molecule has 0 heterocycles. The summed E-state index contributed by atoms with van der Waals surface area (Å²) in [6, 6.07) is 13.9. The lowest BCUT2D eigenvalue weighted by atomic mass is 9.97. The second-order valence-electron chi connectivity index (χ2n) is 5.78. The second-order valence-corrected chi connectivity index (χ2v) is 5.78. The first-order chi connectivity index (χ1) is 10.1. The van der Waals surface area contributed by atoms with Gasteiger partial charge in [0.1, 0.15) is 5.82 Å². The van der Waals surface area contributed by atoms with Crippen molar-refractivity contribution in [3.63, 3.8) is 0 Å². The van der Waals surface area contributed by atoms with Gasteiger partial charge in [-0.05, 0) is 40.8 Å². The molecule has 2 heteroatoms. The Morgan fingerprint density at radius 2 is 1.76 bits per heavy atom. The average Bonchev–Trinajstić information content (AvgIpc) is 2.47. The normalized spacial score (nSPS) is 11.1. The van der Waals surface area contributed by atoms with Crippen LogP contribution in [0.4, 0.5) is 4.39 Å². The van der Waals surface area contributed by atoms with E-state index in [4.69, 9.17) is 0 Å². The van der Waals surface area contributed by atoms with E-state index < -0.39 is 0 Å². The fourth-order valence-corrected chi connectivity index (χ4v) is 2.43. The molecule has 2 rings (SSSR count). The van der Waals surface area contributed by atoms with Crippen LogP contribution in [0.3, 0.4) is 0 Å². The van der Waals surface area contributed by atoms with Crippen LogP contribution in [-0.2, 0) is 13.0 Å². The zero-order valence-corrected chi connectivity index (χ0v) is 13.1. The molecule has 1 N–H and O–H groups in total. The fourth-order valence-electron chi connectivity index (χ4n) is 2.43. The molecule has 0 aliphatic rings. The van der Waals surface area contributed by atoms with Gasteiger partial charge in [-0.3, -0.25) is 0 Å². The lowest BCUT2D eigenvalue weighted by molar-refractivity contribution is 0.587. The Bertz CT molecular complexity index is 573. The summed E-state index contributed by atoms with van der Waals surface area (Å²) in [5, 5.41) is 3.40. The van der Waals surface area contributed by atoms with E-state index in [9.17, 15) is 4.39 Å². The molecule has 0 saturated heterocycles. The van der Waals surface area contributed by atoms with Crippen molar-refractivity contribution in [3.05, 3.63) is 59.4 Å². The van der Waals surface area contributed by atoms with Crippen molar-refractivity contribution in [2.24, 2.45) is 0 Å². The molecule has 112 valence electrons. The molecule has 0 saturated carbocycles. The summed E-state index contributed by atoms with van der Waals surface area (Å²) in [5.74, 6) is -0.184. The van der Waals surface area contributed by atoms with Crippen molar-refractivity contribution in [2.45, 2.75) is 46.2 Å². The second kappa shape index (κ2) is 7.37. The monoisotopic (exact) mass is 285 g/mol. The standard InChI is InChI=1S/C19H24FN/c1-4-5-15-6-8-16(9-7-15)19-12-18(20)11-10-17(19)13-21-14(2)3/h6-12,14,21H,4-5,13H2,1-3H3. The fraction of sp³-hybridized carbons (Fsp3) is 0.368. The molecule has 0 aliphatic heterocycles. The zero-order chi connectivity index (χ0) is 15.2. The molecule has 0 aromatic heterocycles. The Morgan fingerprint density at radius 1 is 1.05 bits per heavy atom. The first-order valence-corrected chi connectivity index (χ1v) is 7.71. The molecule has 0 spiro atoms. The highest BCUT2D eigenvalue weighted by Gasteiger charge is 2.07. The largest absolute Gasteiger partial charge is 0.310 e. The van der Waals surface area contributed by atoms with Crippen molar-refractivity contribution in [1.82, 2.24) is 5.32 Å². The number of nitrogens with one attached hydrogen (secondary N) is 1. The molecule has 0 unspecified atom stereocenters. The molecule has 0 radical (unpaired) electrons. The summed E-state index contributed by atoms with van der Waals surface area (Å²) >= 11 is 0. The summed E-state index contributed by atoms with van der Waals surface area (Å²) in [5.41, 5.74) is 4.52.